The summed E-state index contributed by atoms with van der Waals surface area (Å²) in [5.41, 5.74) is 2.53. The number of hydrogen-bond donors (Lipinski definition) is 1. The SMILES string of the molecule is O=C(O)c1cc(C2CCCc3ccccc32)on1. The first-order valence-corrected chi connectivity index (χ1v) is 6.03. The number of carbonyl (C=O) groups is 1. The zero-order valence-electron chi connectivity index (χ0n) is 9.80. The summed E-state index contributed by atoms with van der Waals surface area (Å²) in [5.74, 6) is -0.260. The maximum atomic E-state index is 10.8. The van der Waals surface area contributed by atoms with Crippen molar-refractivity contribution < 1.29 is 14.4 Å². The normalized spacial score (nSPS) is 18.3. The number of fused-ring (bicyclic) bond motifs is 1. The van der Waals surface area contributed by atoms with Crippen LogP contribution in [0.4, 0.5) is 0 Å². The lowest BCUT2D eigenvalue weighted by Gasteiger charge is -2.23. The topological polar surface area (TPSA) is 63.3 Å². The van der Waals surface area contributed by atoms with Crippen molar-refractivity contribution in [3.63, 3.8) is 0 Å². The van der Waals surface area contributed by atoms with Gasteiger partial charge in [-0.2, -0.15) is 0 Å². The molecule has 1 atom stereocenters. The lowest BCUT2D eigenvalue weighted by atomic mass is 9.81. The van der Waals surface area contributed by atoms with Crippen molar-refractivity contribution in [2.75, 3.05) is 0 Å². The van der Waals surface area contributed by atoms with E-state index in [0.717, 1.165) is 19.3 Å². The maximum absolute atomic E-state index is 10.8. The summed E-state index contributed by atoms with van der Waals surface area (Å²) in [6, 6.07) is 9.78. The van der Waals surface area contributed by atoms with Crippen molar-refractivity contribution in [2.45, 2.75) is 25.2 Å². The molecule has 0 spiro atoms. The van der Waals surface area contributed by atoms with Crippen LogP contribution in [0.3, 0.4) is 0 Å². The molecule has 1 N–H and O–H groups in total. The highest BCUT2D eigenvalue weighted by Crippen LogP contribution is 2.36. The fraction of sp³-hybridized carbons (Fsp3) is 0.286. The molecule has 1 aliphatic rings. The van der Waals surface area contributed by atoms with Crippen LogP contribution in [-0.4, -0.2) is 16.2 Å². The zero-order chi connectivity index (χ0) is 12.5. The molecule has 0 bridgehead atoms. The van der Waals surface area contributed by atoms with Crippen LogP contribution in [0.25, 0.3) is 0 Å². The lowest BCUT2D eigenvalue weighted by molar-refractivity contribution is 0.0685. The average Bonchev–Trinajstić information content (AvgIpc) is 2.87. The molecule has 18 heavy (non-hydrogen) atoms. The number of nitrogens with zero attached hydrogens (tertiary/aromatic N) is 1. The Balaban J connectivity index is 2.00. The molecular formula is C14H13NO3. The van der Waals surface area contributed by atoms with Gasteiger partial charge < -0.3 is 9.63 Å². The number of hydrogen-bond acceptors (Lipinski definition) is 3. The van der Waals surface area contributed by atoms with Crippen molar-refractivity contribution >= 4 is 5.97 Å². The van der Waals surface area contributed by atoms with Gasteiger partial charge >= 0.3 is 5.97 Å². The number of aromatic nitrogens is 1. The summed E-state index contributed by atoms with van der Waals surface area (Å²) in [6.45, 7) is 0. The highest BCUT2D eigenvalue weighted by atomic mass is 16.5. The Kier molecular flexibility index (Phi) is 2.63. The molecule has 0 radical (unpaired) electrons. The minimum atomic E-state index is -1.05. The van der Waals surface area contributed by atoms with E-state index in [1.54, 1.807) is 0 Å². The average molecular weight is 243 g/mol. The van der Waals surface area contributed by atoms with Gasteiger partial charge in [0.15, 0.2) is 5.69 Å². The highest BCUT2D eigenvalue weighted by Gasteiger charge is 2.25. The van der Waals surface area contributed by atoms with Gasteiger partial charge in [0.1, 0.15) is 5.76 Å². The minimum absolute atomic E-state index is 0.0203. The predicted octanol–water partition coefficient (Wildman–Crippen LogP) is 2.84. The van der Waals surface area contributed by atoms with E-state index in [4.69, 9.17) is 9.63 Å². The molecule has 0 amide bonds. The van der Waals surface area contributed by atoms with E-state index >= 15 is 0 Å². The van der Waals surface area contributed by atoms with E-state index in [2.05, 4.69) is 17.3 Å². The summed E-state index contributed by atoms with van der Waals surface area (Å²) in [6.07, 6.45) is 3.14. The molecule has 2 aromatic rings. The van der Waals surface area contributed by atoms with Gasteiger partial charge in [-0.1, -0.05) is 29.4 Å². The van der Waals surface area contributed by atoms with Gasteiger partial charge in [-0.05, 0) is 30.4 Å². The van der Waals surface area contributed by atoms with E-state index in [1.165, 1.54) is 17.2 Å². The monoisotopic (exact) mass is 243 g/mol. The first-order valence-electron chi connectivity index (χ1n) is 6.03. The van der Waals surface area contributed by atoms with Crippen LogP contribution < -0.4 is 0 Å². The molecular weight excluding hydrogens is 230 g/mol. The van der Waals surface area contributed by atoms with E-state index in [-0.39, 0.29) is 11.6 Å². The second-order valence-corrected chi connectivity index (χ2v) is 4.56. The van der Waals surface area contributed by atoms with Crippen LogP contribution in [0.1, 0.15) is 46.1 Å². The van der Waals surface area contributed by atoms with Crippen LogP contribution >= 0.6 is 0 Å². The third-order valence-electron chi connectivity index (χ3n) is 3.46. The summed E-state index contributed by atoms with van der Waals surface area (Å²) < 4.78 is 5.19. The van der Waals surface area contributed by atoms with Gasteiger partial charge in [0.25, 0.3) is 0 Å². The summed E-state index contributed by atoms with van der Waals surface area (Å²) in [5, 5.41) is 12.5. The predicted molar refractivity (Wildman–Crippen MR) is 64.7 cm³/mol. The molecule has 1 aliphatic carbocycles. The van der Waals surface area contributed by atoms with E-state index in [1.807, 2.05) is 12.1 Å². The Morgan fingerprint density at radius 3 is 3.00 bits per heavy atom. The van der Waals surface area contributed by atoms with E-state index < -0.39 is 5.97 Å². The van der Waals surface area contributed by atoms with Crippen molar-refractivity contribution in [2.24, 2.45) is 0 Å². The lowest BCUT2D eigenvalue weighted by Crippen LogP contribution is -2.10. The summed E-state index contributed by atoms with van der Waals surface area (Å²) >= 11 is 0. The molecule has 4 nitrogen and oxygen atoms in total. The quantitative estimate of drug-likeness (QED) is 0.880. The fourth-order valence-corrected chi connectivity index (χ4v) is 2.60. The van der Waals surface area contributed by atoms with Gasteiger partial charge in [-0.25, -0.2) is 4.79 Å². The number of aryl methyl sites for hydroxylation is 1. The van der Waals surface area contributed by atoms with E-state index in [9.17, 15) is 4.79 Å². The van der Waals surface area contributed by atoms with E-state index in [0.29, 0.717) is 5.76 Å². The van der Waals surface area contributed by atoms with Gasteiger partial charge in [-0.3, -0.25) is 0 Å². The molecule has 0 fully saturated rings. The van der Waals surface area contributed by atoms with Gasteiger partial charge in [0.05, 0.1) is 0 Å². The van der Waals surface area contributed by atoms with Gasteiger partial charge in [-0.15, -0.1) is 0 Å². The maximum Gasteiger partial charge on any atom is 0.358 e. The second kappa shape index (κ2) is 4.29. The first kappa shape index (κ1) is 11.0. The molecule has 3 rings (SSSR count). The number of aromatic carboxylic acids is 1. The minimum Gasteiger partial charge on any atom is -0.476 e. The number of benzene rings is 1. The molecule has 1 heterocycles. The van der Waals surface area contributed by atoms with Crippen LogP contribution in [0, 0.1) is 0 Å². The molecule has 0 saturated heterocycles. The standard InChI is InChI=1S/C14H13NO3/c16-14(17)12-8-13(18-15-12)11-7-3-5-9-4-1-2-6-10(9)11/h1-2,4,6,8,11H,3,5,7H2,(H,16,17). The molecule has 4 heteroatoms. The fourth-order valence-electron chi connectivity index (χ4n) is 2.60. The van der Waals surface area contributed by atoms with Crippen LogP contribution in [-0.2, 0) is 6.42 Å². The number of carboxylic acid groups (broad SMARTS) is 1. The van der Waals surface area contributed by atoms with Crippen LogP contribution in [0.15, 0.2) is 34.9 Å². The molecule has 1 aromatic carbocycles. The molecule has 92 valence electrons. The van der Waals surface area contributed by atoms with Crippen molar-refractivity contribution in [1.29, 1.82) is 0 Å². The first-order chi connectivity index (χ1) is 8.75. The largest absolute Gasteiger partial charge is 0.476 e. The Bertz CT molecular complexity index is 588. The Labute approximate surface area is 104 Å². The van der Waals surface area contributed by atoms with Crippen molar-refractivity contribution in [3.05, 3.63) is 52.9 Å². The molecule has 0 aliphatic heterocycles. The third kappa shape index (κ3) is 1.79. The van der Waals surface area contributed by atoms with Gasteiger partial charge in [0.2, 0.25) is 0 Å². The van der Waals surface area contributed by atoms with Crippen LogP contribution in [0.2, 0.25) is 0 Å². The molecule has 0 saturated carbocycles. The van der Waals surface area contributed by atoms with Crippen molar-refractivity contribution in [1.82, 2.24) is 5.16 Å². The Hall–Kier alpha value is -2.10. The second-order valence-electron chi connectivity index (χ2n) is 4.56. The smallest absolute Gasteiger partial charge is 0.358 e. The summed E-state index contributed by atoms with van der Waals surface area (Å²) in [4.78, 5) is 10.8. The van der Waals surface area contributed by atoms with Gasteiger partial charge in [0, 0.05) is 12.0 Å². The Morgan fingerprint density at radius 2 is 2.22 bits per heavy atom. The number of rotatable bonds is 2. The van der Waals surface area contributed by atoms with Crippen molar-refractivity contribution in [3.8, 4) is 0 Å². The highest BCUT2D eigenvalue weighted by molar-refractivity contribution is 5.85. The molecule has 1 aromatic heterocycles. The Morgan fingerprint density at radius 1 is 1.39 bits per heavy atom. The third-order valence-corrected chi connectivity index (χ3v) is 3.46. The zero-order valence-corrected chi connectivity index (χ0v) is 9.80. The number of carboxylic acids is 1. The van der Waals surface area contributed by atoms with Crippen LogP contribution in [0.5, 0.6) is 0 Å². The summed E-state index contributed by atoms with van der Waals surface area (Å²) in [7, 11) is 0. The molecule has 1 unspecified atom stereocenters.